The Kier molecular flexibility index (Phi) is 8.60. The SMILES string of the molecule is CCC(C)C(NC(=O)CCN1C(=O)/C(=C\C=C/c2ccccc2)SC1=S)C(=O)O. The molecule has 2 rings (SSSR count). The zero-order chi connectivity index (χ0) is 21.4. The van der Waals surface area contributed by atoms with Gasteiger partial charge in [0, 0.05) is 13.0 Å². The number of aliphatic carboxylic acids is 1. The molecule has 1 fully saturated rings. The maximum Gasteiger partial charge on any atom is 0.326 e. The fourth-order valence-electron chi connectivity index (χ4n) is 2.66. The number of nitrogens with zero attached hydrogens (tertiary/aromatic N) is 1. The summed E-state index contributed by atoms with van der Waals surface area (Å²) < 4.78 is 0.388. The van der Waals surface area contributed by atoms with Crippen LogP contribution in [0.4, 0.5) is 0 Å². The van der Waals surface area contributed by atoms with Crippen molar-refractivity contribution in [3.8, 4) is 0 Å². The van der Waals surface area contributed by atoms with Crippen LogP contribution < -0.4 is 5.32 Å². The van der Waals surface area contributed by atoms with Crippen molar-refractivity contribution in [2.75, 3.05) is 6.54 Å². The highest BCUT2D eigenvalue weighted by Crippen LogP contribution is 2.31. The Balaban J connectivity index is 1.93. The number of rotatable bonds is 9. The molecule has 154 valence electrons. The molecule has 0 spiro atoms. The van der Waals surface area contributed by atoms with Crippen LogP contribution in [0.5, 0.6) is 0 Å². The maximum absolute atomic E-state index is 12.5. The van der Waals surface area contributed by atoms with Crippen molar-refractivity contribution < 1.29 is 19.5 Å². The molecule has 0 aliphatic carbocycles. The minimum atomic E-state index is -1.06. The second kappa shape index (κ2) is 10.9. The van der Waals surface area contributed by atoms with Crippen LogP contribution in [0, 0.1) is 5.92 Å². The molecule has 0 saturated carbocycles. The van der Waals surface area contributed by atoms with E-state index in [2.05, 4.69) is 5.32 Å². The number of carboxylic acid groups (broad SMARTS) is 1. The average Bonchev–Trinajstić information content (AvgIpc) is 2.97. The summed E-state index contributed by atoms with van der Waals surface area (Å²) in [6.07, 6.45) is 6.00. The van der Waals surface area contributed by atoms with E-state index in [0.717, 1.165) is 5.56 Å². The number of nitrogens with one attached hydrogen (secondary N) is 1. The van der Waals surface area contributed by atoms with Gasteiger partial charge in [-0.2, -0.15) is 0 Å². The molecule has 6 nitrogen and oxygen atoms in total. The second-order valence-corrected chi connectivity index (χ2v) is 8.32. The number of hydrogen-bond acceptors (Lipinski definition) is 5. The smallest absolute Gasteiger partial charge is 0.326 e. The Hall–Kier alpha value is -2.45. The molecule has 1 aliphatic heterocycles. The number of thioether (sulfide) groups is 1. The Morgan fingerprint density at radius 1 is 1.31 bits per heavy atom. The maximum atomic E-state index is 12.5. The van der Waals surface area contributed by atoms with Gasteiger partial charge in [-0.25, -0.2) is 4.79 Å². The third-order valence-corrected chi connectivity index (χ3v) is 5.96. The van der Waals surface area contributed by atoms with Gasteiger partial charge in [0.2, 0.25) is 5.91 Å². The summed E-state index contributed by atoms with van der Waals surface area (Å²) in [7, 11) is 0. The van der Waals surface area contributed by atoms with Gasteiger partial charge in [0.25, 0.3) is 5.91 Å². The number of thiocarbonyl (C=S) groups is 1. The molecule has 0 bridgehead atoms. The minimum absolute atomic E-state index is 0.0141. The fraction of sp³-hybridized carbons (Fsp3) is 0.333. The summed E-state index contributed by atoms with van der Waals surface area (Å²) in [5, 5.41) is 11.8. The van der Waals surface area contributed by atoms with Crippen LogP contribution in [0.1, 0.15) is 32.3 Å². The van der Waals surface area contributed by atoms with Crippen LogP contribution in [0.3, 0.4) is 0 Å². The lowest BCUT2D eigenvalue weighted by atomic mass is 9.99. The van der Waals surface area contributed by atoms with E-state index in [9.17, 15) is 19.5 Å². The standard InChI is InChI=1S/C21H24N2O4S2/c1-3-14(2)18(20(26)27)22-17(24)12-13-23-19(25)16(29-21(23)28)11-7-10-15-8-5-4-6-9-15/h4-11,14,18H,3,12-13H2,1-2H3,(H,22,24)(H,26,27)/b10-7-,16-11+. The van der Waals surface area contributed by atoms with Gasteiger partial charge in [0.15, 0.2) is 0 Å². The Labute approximate surface area is 180 Å². The number of benzene rings is 1. The van der Waals surface area contributed by atoms with Crippen molar-refractivity contribution in [2.24, 2.45) is 5.92 Å². The molecule has 2 atom stereocenters. The number of amides is 2. The topological polar surface area (TPSA) is 86.7 Å². The van der Waals surface area contributed by atoms with E-state index in [1.165, 1.54) is 16.7 Å². The lowest BCUT2D eigenvalue weighted by Crippen LogP contribution is -2.46. The molecule has 1 aromatic carbocycles. The van der Waals surface area contributed by atoms with Crippen molar-refractivity contribution in [3.05, 3.63) is 53.0 Å². The molecule has 8 heteroatoms. The molecule has 0 aromatic heterocycles. The van der Waals surface area contributed by atoms with Crippen molar-refractivity contribution in [2.45, 2.75) is 32.7 Å². The Morgan fingerprint density at radius 2 is 2.00 bits per heavy atom. The van der Waals surface area contributed by atoms with E-state index in [4.69, 9.17) is 12.2 Å². The number of hydrogen-bond donors (Lipinski definition) is 2. The van der Waals surface area contributed by atoms with E-state index in [0.29, 0.717) is 15.6 Å². The van der Waals surface area contributed by atoms with Gasteiger partial charge in [0.1, 0.15) is 10.4 Å². The summed E-state index contributed by atoms with van der Waals surface area (Å²) in [5.74, 6) is -1.92. The van der Waals surface area contributed by atoms with Crippen molar-refractivity contribution >= 4 is 52.2 Å². The predicted molar refractivity (Wildman–Crippen MR) is 119 cm³/mol. The van der Waals surface area contributed by atoms with Crippen LogP contribution in [-0.2, 0) is 14.4 Å². The first-order valence-electron chi connectivity index (χ1n) is 9.32. The fourth-order valence-corrected chi connectivity index (χ4v) is 3.92. The molecule has 1 heterocycles. The zero-order valence-corrected chi connectivity index (χ0v) is 18.0. The Morgan fingerprint density at radius 3 is 2.62 bits per heavy atom. The minimum Gasteiger partial charge on any atom is -0.480 e. The van der Waals surface area contributed by atoms with E-state index >= 15 is 0 Å². The van der Waals surface area contributed by atoms with Crippen LogP contribution in [0.15, 0.2) is 47.4 Å². The normalized spacial score (nSPS) is 17.7. The quantitative estimate of drug-likeness (QED) is 0.459. The van der Waals surface area contributed by atoms with Gasteiger partial charge >= 0.3 is 5.97 Å². The van der Waals surface area contributed by atoms with Crippen LogP contribution >= 0.6 is 24.0 Å². The molecule has 1 saturated heterocycles. The van der Waals surface area contributed by atoms with Crippen LogP contribution in [0.2, 0.25) is 0 Å². The monoisotopic (exact) mass is 432 g/mol. The number of carbonyl (C=O) groups is 3. The van der Waals surface area contributed by atoms with Crippen molar-refractivity contribution in [3.63, 3.8) is 0 Å². The Bertz CT molecular complexity index is 836. The highest BCUT2D eigenvalue weighted by Gasteiger charge is 2.32. The average molecular weight is 433 g/mol. The lowest BCUT2D eigenvalue weighted by Gasteiger charge is -2.21. The molecule has 0 radical (unpaired) electrons. The molecular weight excluding hydrogens is 408 g/mol. The molecule has 1 aromatic rings. The highest BCUT2D eigenvalue weighted by molar-refractivity contribution is 8.26. The molecule has 2 amide bonds. The third kappa shape index (κ3) is 6.54. The number of carbonyl (C=O) groups excluding carboxylic acids is 2. The van der Waals surface area contributed by atoms with Gasteiger partial charge in [-0.15, -0.1) is 0 Å². The second-order valence-electron chi connectivity index (χ2n) is 6.64. The van der Waals surface area contributed by atoms with Gasteiger partial charge in [-0.3, -0.25) is 14.5 Å². The molecule has 29 heavy (non-hydrogen) atoms. The van der Waals surface area contributed by atoms with Gasteiger partial charge in [0.05, 0.1) is 4.91 Å². The number of allylic oxidation sites excluding steroid dienone is 2. The van der Waals surface area contributed by atoms with E-state index in [1.807, 2.05) is 43.3 Å². The summed E-state index contributed by atoms with van der Waals surface area (Å²) in [6, 6.07) is 8.76. The van der Waals surface area contributed by atoms with E-state index < -0.39 is 17.9 Å². The van der Waals surface area contributed by atoms with Crippen molar-refractivity contribution in [1.82, 2.24) is 10.2 Å². The first-order chi connectivity index (χ1) is 13.8. The number of carboxylic acids is 1. The molecule has 2 unspecified atom stereocenters. The highest BCUT2D eigenvalue weighted by atomic mass is 32.2. The molecule has 2 N–H and O–H groups in total. The van der Waals surface area contributed by atoms with E-state index in [1.54, 1.807) is 19.1 Å². The lowest BCUT2D eigenvalue weighted by molar-refractivity contribution is -0.143. The zero-order valence-electron chi connectivity index (χ0n) is 16.3. The van der Waals surface area contributed by atoms with Gasteiger partial charge in [-0.05, 0) is 17.6 Å². The largest absolute Gasteiger partial charge is 0.480 e. The van der Waals surface area contributed by atoms with Gasteiger partial charge in [-0.1, -0.05) is 86.7 Å². The van der Waals surface area contributed by atoms with E-state index in [-0.39, 0.29) is 24.8 Å². The summed E-state index contributed by atoms with van der Waals surface area (Å²) in [4.78, 5) is 37.9. The first kappa shape index (κ1) is 22.8. The predicted octanol–water partition coefficient (Wildman–Crippen LogP) is 3.45. The first-order valence-corrected chi connectivity index (χ1v) is 10.5. The van der Waals surface area contributed by atoms with Crippen LogP contribution in [0.25, 0.3) is 6.08 Å². The molecule has 1 aliphatic rings. The van der Waals surface area contributed by atoms with Gasteiger partial charge < -0.3 is 10.4 Å². The van der Waals surface area contributed by atoms with Crippen LogP contribution in [-0.4, -0.2) is 44.7 Å². The third-order valence-electron chi connectivity index (χ3n) is 4.57. The summed E-state index contributed by atoms with van der Waals surface area (Å²) >= 11 is 6.45. The van der Waals surface area contributed by atoms with Crippen molar-refractivity contribution in [1.29, 1.82) is 0 Å². The summed E-state index contributed by atoms with van der Waals surface area (Å²) in [5.41, 5.74) is 1.02. The summed E-state index contributed by atoms with van der Waals surface area (Å²) in [6.45, 7) is 3.75. The molecular formula is C21H24N2O4S2.